The molecule has 1 fully saturated rings. The molecule has 22 heavy (non-hydrogen) atoms. The van der Waals surface area contributed by atoms with Crippen LogP contribution in [-0.4, -0.2) is 40.3 Å². The molecular formula is C16H22ClNO4. The van der Waals surface area contributed by atoms with Crippen LogP contribution in [0, 0.1) is 5.92 Å². The van der Waals surface area contributed by atoms with Crippen LogP contribution in [0.1, 0.15) is 32.3 Å². The summed E-state index contributed by atoms with van der Waals surface area (Å²) in [5.41, 5.74) is 0.907. The summed E-state index contributed by atoms with van der Waals surface area (Å²) >= 11 is 6.05. The molecule has 0 aromatic heterocycles. The number of piperidine rings is 1. The van der Waals surface area contributed by atoms with Gasteiger partial charge in [-0.1, -0.05) is 11.6 Å². The maximum Gasteiger partial charge on any atom is 0.308 e. The normalized spacial score (nSPS) is 22.5. The van der Waals surface area contributed by atoms with Crippen LogP contribution < -0.4 is 4.74 Å². The van der Waals surface area contributed by atoms with Gasteiger partial charge in [0.2, 0.25) is 0 Å². The third kappa shape index (κ3) is 3.65. The average molecular weight is 328 g/mol. The number of nitrogens with zero attached hydrogens (tertiary/aromatic N) is 1. The van der Waals surface area contributed by atoms with E-state index in [1.54, 1.807) is 12.1 Å². The summed E-state index contributed by atoms with van der Waals surface area (Å²) in [6.07, 6.45) is 1.58. The number of carboxylic acid groups (broad SMARTS) is 1. The Morgan fingerprint density at radius 3 is 2.86 bits per heavy atom. The van der Waals surface area contributed by atoms with Crippen LogP contribution in [0.15, 0.2) is 12.1 Å². The Kier molecular flexibility index (Phi) is 5.53. The molecule has 2 atom stereocenters. The van der Waals surface area contributed by atoms with Gasteiger partial charge in [-0.3, -0.25) is 9.69 Å². The lowest BCUT2D eigenvalue weighted by Gasteiger charge is -2.37. The molecule has 1 heterocycles. The summed E-state index contributed by atoms with van der Waals surface area (Å²) < 4.78 is 5.39. The molecule has 0 bridgehead atoms. The molecule has 0 spiro atoms. The highest BCUT2D eigenvalue weighted by Gasteiger charge is 2.32. The summed E-state index contributed by atoms with van der Waals surface area (Å²) in [5.74, 6) is -0.768. The molecule has 122 valence electrons. The number of ether oxygens (including phenoxy) is 1. The SMILES string of the molecule is CCOc1cc(CN2CCC[C@H](C(=O)O)[C@@H]2C)cc(Cl)c1O. The molecular weight excluding hydrogens is 306 g/mol. The van der Waals surface area contributed by atoms with Crippen molar-refractivity contribution >= 4 is 17.6 Å². The molecule has 0 amide bonds. The Hall–Kier alpha value is -1.46. The van der Waals surface area contributed by atoms with E-state index >= 15 is 0 Å². The van der Waals surface area contributed by atoms with Crippen molar-refractivity contribution < 1.29 is 19.7 Å². The fourth-order valence-electron chi connectivity index (χ4n) is 2.99. The first kappa shape index (κ1) is 16.9. The zero-order valence-electron chi connectivity index (χ0n) is 12.9. The van der Waals surface area contributed by atoms with E-state index < -0.39 is 5.97 Å². The van der Waals surface area contributed by atoms with E-state index in [1.807, 2.05) is 13.8 Å². The minimum absolute atomic E-state index is 0.0330. The summed E-state index contributed by atoms with van der Waals surface area (Å²) in [5, 5.41) is 19.4. The quantitative estimate of drug-likeness (QED) is 0.869. The van der Waals surface area contributed by atoms with E-state index in [9.17, 15) is 15.0 Å². The van der Waals surface area contributed by atoms with E-state index in [0.29, 0.717) is 25.3 Å². The van der Waals surface area contributed by atoms with Gasteiger partial charge in [-0.15, -0.1) is 0 Å². The fraction of sp³-hybridized carbons (Fsp3) is 0.562. The number of aromatic hydroxyl groups is 1. The number of phenolic OH excluding ortho intramolecular Hbond substituents is 1. The van der Waals surface area contributed by atoms with Gasteiger partial charge in [0.05, 0.1) is 17.5 Å². The van der Waals surface area contributed by atoms with Crippen molar-refractivity contribution in [2.75, 3.05) is 13.2 Å². The average Bonchev–Trinajstić information content (AvgIpc) is 2.46. The molecule has 0 aliphatic carbocycles. The molecule has 1 aromatic rings. The zero-order chi connectivity index (χ0) is 16.3. The van der Waals surface area contributed by atoms with Crippen molar-refractivity contribution in [2.24, 2.45) is 5.92 Å². The monoisotopic (exact) mass is 327 g/mol. The first-order chi connectivity index (χ1) is 10.4. The highest BCUT2D eigenvalue weighted by Crippen LogP contribution is 2.36. The molecule has 0 radical (unpaired) electrons. The van der Waals surface area contributed by atoms with Crippen molar-refractivity contribution in [2.45, 2.75) is 39.3 Å². The van der Waals surface area contributed by atoms with Crippen LogP contribution in [0.3, 0.4) is 0 Å². The van der Waals surface area contributed by atoms with E-state index in [-0.39, 0.29) is 22.7 Å². The number of carboxylic acids is 1. The zero-order valence-corrected chi connectivity index (χ0v) is 13.6. The molecule has 0 unspecified atom stereocenters. The Morgan fingerprint density at radius 2 is 2.23 bits per heavy atom. The number of hydrogen-bond acceptors (Lipinski definition) is 4. The molecule has 1 aliphatic heterocycles. The van der Waals surface area contributed by atoms with Crippen molar-refractivity contribution in [3.8, 4) is 11.5 Å². The number of aliphatic carboxylic acids is 1. The Morgan fingerprint density at radius 1 is 1.50 bits per heavy atom. The number of benzene rings is 1. The second-order valence-corrected chi connectivity index (χ2v) is 6.06. The summed E-state index contributed by atoms with van der Waals surface area (Å²) in [4.78, 5) is 13.4. The smallest absolute Gasteiger partial charge is 0.308 e. The largest absolute Gasteiger partial charge is 0.503 e. The van der Waals surface area contributed by atoms with Gasteiger partial charge in [-0.25, -0.2) is 0 Å². The second kappa shape index (κ2) is 7.20. The minimum Gasteiger partial charge on any atom is -0.503 e. The minimum atomic E-state index is -0.740. The number of carbonyl (C=O) groups is 1. The lowest BCUT2D eigenvalue weighted by molar-refractivity contribution is -0.145. The molecule has 1 saturated heterocycles. The second-order valence-electron chi connectivity index (χ2n) is 5.66. The number of likely N-dealkylation sites (tertiary alicyclic amines) is 1. The molecule has 2 rings (SSSR count). The number of halogens is 1. The third-order valence-electron chi connectivity index (χ3n) is 4.21. The van der Waals surface area contributed by atoms with Crippen molar-refractivity contribution in [3.63, 3.8) is 0 Å². The molecule has 5 nitrogen and oxygen atoms in total. The van der Waals surface area contributed by atoms with Crippen molar-refractivity contribution in [3.05, 3.63) is 22.7 Å². The lowest BCUT2D eigenvalue weighted by Crippen LogP contribution is -2.45. The summed E-state index contributed by atoms with van der Waals surface area (Å²) in [7, 11) is 0. The topological polar surface area (TPSA) is 70.0 Å². The third-order valence-corrected chi connectivity index (χ3v) is 4.50. The van der Waals surface area contributed by atoms with Crippen molar-refractivity contribution in [1.82, 2.24) is 4.90 Å². The first-order valence-corrected chi connectivity index (χ1v) is 7.92. The van der Waals surface area contributed by atoms with E-state index in [0.717, 1.165) is 18.5 Å². The van der Waals surface area contributed by atoms with E-state index in [4.69, 9.17) is 16.3 Å². The van der Waals surface area contributed by atoms with Gasteiger partial charge < -0.3 is 14.9 Å². The maximum atomic E-state index is 11.3. The van der Waals surface area contributed by atoms with Gasteiger partial charge >= 0.3 is 5.97 Å². The number of phenols is 1. The van der Waals surface area contributed by atoms with Gasteiger partial charge in [-0.05, 0) is 50.9 Å². The first-order valence-electron chi connectivity index (χ1n) is 7.55. The predicted molar refractivity (Wildman–Crippen MR) is 84.5 cm³/mol. The van der Waals surface area contributed by atoms with E-state index in [2.05, 4.69) is 4.90 Å². The number of rotatable bonds is 5. The van der Waals surface area contributed by atoms with Gasteiger partial charge in [0.15, 0.2) is 11.5 Å². The standard InChI is InChI=1S/C16H22ClNO4/c1-3-22-14-8-11(7-13(17)15(14)19)9-18-6-4-5-12(10(18)2)16(20)21/h7-8,10,12,19H,3-6,9H2,1-2H3,(H,20,21)/t10-,12-/m0/s1. The van der Waals surface area contributed by atoms with Gasteiger partial charge in [-0.2, -0.15) is 0 Å². The summed E-state index contributed by atoms with van der Waals surface area (Å²) in [6, 6.07) is 3.44. The maximum absolute atomic E-state index is 11.3. The summed E-state index contributed by atoms with van der Waals surface area (Å²) in [6.45, 7) is 5.67. The fourth-order valence-corrected chi connectivity index (χ4v) is 3.22. The van der Waals surface area contributed by atoms with E-state index in [1.165, 1.54) is 0 Å². The Labute approximate surface area is 135 Å². The molecule has 0 saturated carbocycles. The van der Waals surface area contributed by atoms with Gasteiger partial charge in [0, 0.05) is 12.6 Å². The highest BCUT2D eigenvalue weighted by atomic mass is 35.5. The van der Waals surface area contributed by atoms with Crippen molar-refractivity contribution in [1.29, 1.82) is 0 Å². The van der Waals surface area contributed by atoms with Crippen LogP contribution >= 0.6 is 11.6 Å². The Balaban J connectivity index is 2.17. The van der Waals surface area contributed by atoms with Crippen LogP contribution in [0.4, 0.5) is 0 Å². The number of hydrogen-bond donors (Lipinski definition) is 2. The predicted octanol–water partition coefficient (Wildman–Crippen LogP) is 3.13. The van der Waals surface area contributed by atoms with Crippen LogP contribution in [0.5, 0.6) is 11.5 Å². The molecule has 6 heteroatoms. The Bertz CT molecular complexity index is 549. The van der Waals surface area contributed by atoms with Gasteiger partial charge in [0.25, 0.3) is 0 Å². The highest BCUT2D eigenvalue weighted by molar-refractivity contribution is 6.32. The molecule has 2 N–H and O–H groups in total. The molecule has 1 aromatic carbocycles. The lowest BCUT2D eigenvalue weighted by atomic mass is 9.90. The van der Waals surface area contributed by atoms with Crippen LogP contribution in [-0.2, 0) is 11.3 Å². The molecule has 1 aliphatic rings. The van der Waals surface area contributed by atoms with Crippen LogP contribution in [0.25, 0.3) is 0 Å². The van der Waals surface area contributed by atoms with Gasteiger partial charge in [0.1, 0.15) is 0 Å². The van der Waals surface area contributed by atoms with Crippen LogP contribution in [0.2, 0.25) is 5.02 Å².